The molecule has 10 heteroatoms. The number of hydrogen-bond acceptors (Lipinski definition) is 6. The molecule has 0 unspecified atom stereocenters. The molecule has 3 rings (SSSR count). The molecule has 9 nitrogen and oxygen atoms in total. The van der Waals surface area contributed by atoms with Gasteiger partial charge in [-0.25, -0.2) is 8.42 Å². The molecule has 2 aliphatic rings. The maximum atomic E-state index is 12.9. The van der Waals surface area contributed by atoms with Crippen molar-refractivity contribution in [3.8, 4) is 0 Å². The standard InChI is InChI=1S/C22H34N4O5S/c1-18(27)24-20-3-5-21(6-4-20)32(29,30)26-11-7-19(8-12-26)17-22(28)23-9-2-10-25-13-15-31-16-14-25/h3-6,19H,2,7-17H2,1H3,(H,23,28)(H,24,27). The minimum atomic E-state index is -3.58. The molecule has 0 bridgehead atoms. The first-order valence-electron chi connectivity index (χ1n) is 11.3. The fraction of sp³-hybridized carbons (Fsp3) is 0.636. The molecule has 1 aromatic rings. The highest BCUT2D eigenvalue weighted by molar-refractivity contribution is 7.89. The van der Waals surface area contributed by atoms with Crippen LogP contribution >= 0.6 is 0 Å². The molecule has 2 saturated heterocycles. The topological polar surface area (TPSA) is 108 Å². The third kappa shape index (κ3) is 7.26. The molecule has 0 aliphatic carbocycles. The molecule has 32 heavy (non-hydrogen) atoms. The van der Waals surface area contributed by atoms with Crippen molar-refractivity contribution in [1.82, 2.24) is 14.5 Å². The molecule has 0 aromatic heterocycles. The van der Waals surface area contributed by atoms with Gasteiger partial charge in [0.2, 0.25) is 21.8 Å². The van der Waals surface area contributed by atoms with Gasteiger partial charge in [0.1, 0.15) is 0 Å². The van der Waals surface area contributed by atoms with Gasteiger partial charge in [-0.3, -0.25) is 14.5 Å². The Morgan fingerprint density at radius 2 is 1.72 bits per heavy atom. The third-order valence-electron chi connectivity index (χ3n) is 5.94. The van der Waals surface area contributed by atoms with Crippen molar-refractivity contribution in [3.05, 3.63) is 24.3 Å². The molecule has 2 amide bonds. The van der Waals surface area contributed by atoms with Crippen LogP contribution in [-0.4, -0.2) is 81.9 Å². The lowest BCUT2D eigenvalue weighted by molar-refractivity contribution is -0.122. The summed E-state index contributed by atoms with van der Waals surface area (Å²) in [5.41, 5.74) is 0.561. The van der Waals surface area contributed by atoms with E-state index in [1.165, 1.54) is 23.4 Å². The van der Waals surface area contributed by atoms with Crippen LogP contribution in [0, 0.1) is 5.92 Å². The van der Waals surface area contributed by atoms with Crippen LogP contribution in [0.3, 0.4) is 0 Å². The van der Waals surface area contributed by atoms with Crippen molar-refractivity contribution in [2.24, 2.45) is 5.92 Å². The van der Waals surface area contributed by atoms with Gasteiger partial charge in [-0.05, 0) is 56.0 Å². The minimum Gasteiger partial charge on any atom is -0.379 e. The summed E-state index contributed by atoms with van der Waals surface area (Å²) in [6.45, 7) is 7.32. The molecule has 1 aromatic carbocycles. The van der Waals surface area contributed by atoms with Gasteiger partial charge in [0, 0.05) is 51.8 Å². The Kier molecular flexibility index (Phi) is 9.03. The molecule has 0 atom stereocenters. The maximum Gasteiger partial charge on any atom is 0.243 e. The number of carbonyl (C=O) groups excluding carboxylic acids is 2. The van der Waals surface area contributed by atoms with E-state index in [1.807, 2.05) is 0 Å². The van der Waals surface area contributed by atoms with Crippen LogP contribution in [0.15, 0.2) is 29.2 Å². The van der Waals surface area contributed by atoms with E-state index < -0.39 is 10.0 Å². The second-order valence-electron chi connectivity index (χ2n) is 8.41. The smallest absolute Gasteiger partial charge is 0.243 e. The summed E-state index contributed by atoms with van der Waals surface area (Å²) in [5, 5.41) is 5.63. The summed E-state index contributed by atoms with van der Waals surface area (Å²) >= 11 is 0. The second kappa shape index (κ2) is 11.7. The molecule has 0 spiro atoms. The van der Waals surface area contributed by atoms with Crippen molar-refractivity contribution in [2.75, 3.05) is 57.8 Å². The van der Waals surface area contributed by atoms with Crippen molar-refractivity contribution >= 4 is 27.5 Å². The number of hydrogen-bond donors (Lipinski definition) is 2. The fourth-order valence-electron chi connectivity index (χ4n) is 4.11. The van der Waals surface area contributed by atoms with Gasteiger partial charge in [-0.1, -0.05) is 0 Å². The van der Waals surface area contributed by atoms with Gasteiger partial charge >= 0.3 is 0 Å². The monoisotopic (exact) mass is 466 g/mol. The van der Waals surface area contributed by atoms with E-state index in [9.17, 15) is 18.0 Å². The predicted octanol–water partition coefficient (Wildman–Crippen LogP) is 1.27. The molecule has 2 heterocycles. The number of anilines is 1. The first kappa shape index (κ1) is 24.6. The second-order valence-corrected chi connectivity index (χ2v) is 10.4. The summed E-state index contributed by atoms with van der Waals surface area (Å²) in [4.78, 5) is 25.9. The number of rotatable bonds is 9. The average Bonchev–Trinajstić information content (AvgIpc) is 2.78. The minimum absolute atomic E-state index is 0.0434. The number of morpholine rings is 1. The Labute approximate surface area is 190 Å². The molecular formula is C22H34N4O5S. The zero-order valence-electron chi connectivity index (χ0n) is 18.7. The molecule has 0 radical (unpaired) electrons. The van der Waals surface area contributed by atoms with Crippen LogP contribution in [0.25, 0.3) is 0 Å². The number of sulfonamides is 1. The molecule has 2 fully saturated rings. The first-order chi connectivity index (χ1) is 15.3. The Bertz CT molecular complexity index is 861. The lowest BCUT2D eigenvalue weighted by Gasteiger charge is -2.31. The largest absolute Gasteiger partial charge is 0.379 e. The van der Waals surface area contributed by atoms with Crippen LogP contribution in [0.1, 0.15) is 32.6 Å². The molecule has 2 N–H and O–H groups in total. The van der Waals surface area contributed by atoms with Crippen LogP contribution in [-0.2, 0) is 24.3 Å². The summed E-state index contributed by atoms with van der Waals surface area (Å²) < 4.78 is 32.6. The van der Waals surface area contributed by atoms with Gasteiger partial charge in [-0.15, -0.1) is 0 Å². The quantitative estimate of drug-likeness (QED) is 0.531. The van der Waals surface area contributed by atoms with E-state index in [1.54, 1.807) is 12.1 Å². The van der Waals surface area contributed by atoms with E-state index in [0.29, 0.717) is 44.6 Å². The highest BCUT2D eigenvalue weighted by Crippen LogP contribution is 2.26. The first-order valence-corrected chi connectivity index (χ1v) is 12.7. The lowest BCUT2D eigenvalue weighted by atomic mass is 9.94. The number of nitrogens with one attached hydrogen (secondary N) is 2. The van der Waals surface area contributed by atoms with E-state index in [-0.39, 0.29) is 22.6 Å². The van der Waals surface area contributed by atoms with E-state index in [2.05, 4.69) is 15.5 Å². The van der Waals surface area contributed by atoms with Crippen LogP contribution < -0.4 is 10.6 Å². The van der Waals surface area contributed by atoms with Crippen molar-refractivity contribution < 1.29 is 22.7 Å². The Morgan fingerprint density at radius 3 is 2.34 bits per heavy atom. The third-order valence-corrected chi connectivity index (χ3v) is 7.85. The highest BCUT2D eigenvalue weighted by Gasteiger charge is 2.30. The lowest BCUT2D eigenvalue weighted by Crippen LogP contribution is -2.40. The van der Waals surface area contributed by atoms with Gasteiger partial charge in [0.15, 0.2) is 0 Å². The van der Waals surface area contributed by atoms with Crippen molar-refractivity contribution in [1.29, 1.82) is 0 Å². The molecule has 0 saturated carbocycles. The summed E-state index contributed by atoms with van der Waals surface area (Å²) in [7, 11) is -3.58. The van der Waals surface area contributed by atoms with Crippen molar-refractivity contribution in [3.63, 3.8) is 0 Å². The number of piperidine rings is 1. The highest BCUT2D eigenvalue weighted by atomic mass is 32.2. The van der Waals surface area contributed by atoms with Crippen LogP contribution in [0.2, 0.25) is 0 Å². The Morgan fingerprint density at radius 1 is 1.06 bits per heavy atom. The molecule has 178 valence electrons. The van der Waals surface area contributed by atoms with E-state index in [0.717, 1.165) is 39.3 Å². The molecular weight excluding hydrogens is 432 g/mol. The number of amides is 2. The van der Waals surface area contributed by atoms with Gasteiger partial charge < -0.3 is 15.4 Å². The van der Waals surface area contributed by atoms with Gasteiger partial charge in [0.25, 0.3) is 0 Å². The Balaban J connectivity index is 1.38. The van der Waals surface area contributed by atoms with Crippen LogP contribution in [0.5, 0.6) is 0 Å². The normalized spacial score (nSPS) is 18.9. The maximum absolute atomic E-state index is 12.9. The van der Waals surface area contributed by atoms with E-state index >= 15 is 0 Å². The zero-order chi connectivity index (χ0) is 23.0. The Hall–Kier alpha value is -2.01. The number of nitrogens with zero attached hydrogens (tertiary/aromatic N) is 2. The van der Waals surface area contributed by atoms with Crippen LogP contribution in [0.4, 0.5) is 5.69 Å². The number of benzene rings is 1. The summed E-state index contributed by atoms with van der Waals surface area (Å²) in [6, 6.07) is 6.20. The zero-order valence-corrected chi connectivity index (χ0v) is 19.5. The van der Waals surface area contributed by atoms with E-state index in [4.69, 9.17) is 4.74 Å². The predicted molar refractivity (Wildman–Crippen MR) is 122 cm³/mol. The van der Waals surface area contributed by atoms with Crippen molar-refractivity contribution in [2.45, 2.75) is 37.5 Å². The summed E-state index contributed by atoms with van der Waals surface area (Å²) in [5.74, 6) is 0.0356. The number of ether oxygens (including phenoxy) is 1. The summed E-state index contributed by atoms with van der Waals surface area (Å²) in [6.07, 6.45) is 2.70. The molecule has 2 aliphatic heterocycles. The van der Waals surface area contributed by atoms with Gasteiger partial charge in [-0.2, -0.15) is 4.31 Å². The van der Waals surface area contributed by atoms with Gasteiger partial charge in [0.05, 0.1) is 18.1 Å². The number of carbonyl (C=O) groups is 2. The SMILES string of the molecule is CC(=O)Nc1ccc(S(=O)(=O)N2CCC(CC(=O)NCCCN3CCOCC3)CC2)cc1. The average molecular weight is 467 g/mol. The fourth-order valence-corrected chi connectivity index (χ4v) is 5.58.